The summed E-state index contributed by atoms with van der Waals surface area (Å²) in [4.78, 5) is 10.7. The number of nitrogens with zero attached hydrogens (tertiary/aromatic N) is 1. The van der Waals surface area contributed by atoms with E-state index in [1.807, 2.05) is 6.92 Å². The Morgan fingerprint density at radius 1 is 1.20 bits per heavy atom. The number of hydrogen-bond acceptors (Lipinski definition) is 6. The Bertz CT molecular complexity index is 572. The van der Waals surface area contributed by atoms with Gasteiger partial charge in [0.15, 0.2) is 9.84 Å². The van der Waals surface area contributed by atoms with E-state index in [0.717, 1.165) is 0 Å². The van der Waals surface area contributed by atoms with Crippen molar-refractivity contribution < 1.29 is 13.3 Å². The molecule has 0 bridgehead atoms. The van der Waals surface area contributed by atoms with Crippen LogP contribution in [-0.2, 0) is 9.84 Å². The van der Waals surface area contributed by atoms with Gasteiger partial charge in [-0.1, -0.05) is 13.0 Å². The minimum absolute atomic E-state index is 0.0495. The molecule has 112 valence electrons. The maximum absolute atomic E-state index is 11.4. The Balaban J connectivity index is 2.89. The predicted octanol–water partition coefficient (Wildman–Crippen LogP) is 1.87. The summed E-state index contributed by atoms with van der Waals surface area (Å²) < 4.78 is 22.8. The summed E-state index contributed by atoms with van der Waals surface area (Å²) in [5, 5.41) is 16.9. The fraction of sp³-hybridized carbons (Fsp3) is 0.500. The Hall–Kier alpha value is -1.83. The summed E-state index contributed by atoms with van der Waals surface area (Å²) in [6.45, 7) is 4.13. The summed E-state index contributed by atoms with van der Waals surface area (Å²) >= 11 is 0. The van der Waals surface area contributed by atoms with Gasteiger partial charge >= 0.3 is 5.69 Å². The van der Waals surface area contributed by atoms with Crippen LogP contribution in [0, 0.1) is 10.1 Å². The molecule has 7 nitrogen and oxygen atoms in total. The highest BCUT2D eigenvalue weighted by Crippen LogP contribution is 2.32. The zero-order valence-electron chi connectivity index (χ0n) is 11.5. The molecule has 0 aliphatic heterocycles. The zero-order chi connectivity index (χ0) is 15.2. The first-order chi connectivity index (χ1) is 9.41. The highest BCUT2D eigenvalue weighted by Gasteiger charge is 2.19. The van der Waals surface area contributed by atoms with Gasteiger partial charge in [0.2, 0.25) is 0 Å². The number of nitro groups is 1. The highest BCUT2D eigenvalue weighted by atomic mass is 32.2. The first kappa shape index (κ1) is 16.2. The average molecular weight is 301 g/mol. The lowest BCUT2D eigenvalue weighted by Gasteiger charge is -2.10. The lowest BCUT2D eigenvalue weighted by atomic mass is 10.2. The van der Waals surface area contributed by atoms with Gasteiger partial charge in [-0.2, -0.15) is 0 Å². The third kappa shape index (κ3) is 4.37. The van der Waals surface area contributed by atoms with Gasteiger partial charge in [0, 0.05) is 18.8 Å². The zero-order valence-corrected chi connectivity index (χ0v) is 12.4. The van der Waals surface area contributed by atoms with Crippen molar-refractivity contribution in [3.05, 3.63) is 28.3 Å². The summed E-state index contributed by atoms with van der Waals surface area (Å²) in [6, 6.07) is 4.87. The maximum Gasteiger partial charge on any atom is 0.315 e. The molecule has 0 aliphatic carbocycles. The van der Waals surface area contributed by atoms with Crippen LogP contribution in [0.25, 0.3) is 0 Å². The number of benzene rings is 1. The molecule has 0 saturated heterocycles. The van der Waals surface area contributed by atoms with E-state index in [9.17, 15) is 18.5 Å². The summed E-state index contributed by atoms with van der Waals surface area (Å²) in [6.07, 6.45) is 0. The first-order valence-corrected chi connectivity index (χ1v) is 8.19. The minimum atomic E-state index is -3.09. The molecule has 0 fully saturated rings. The van der Waals surface area contributed by atoms with E-state index in [-0.39, 0.29) is 23.7 Å². The fourth-order valence-corrected chi connectivity index (χ4v) is 2.40. The molecule has 1 rings (SSSR count). The SMILES string of the molecule is CCNc1cccc(NCCS(=O)(=O)CC)c1[N+](=O)[O-]. The van der Waals surface area contributed by atoms with Gasteiger partial charge in [-0.25, -0.2) is 8.42 Å². The van der Waals surface area contributed by atoms with E-state index < -0.39 is 14.8 Å². The lowest BCUT2D eigenvalue weighted by molar-refractivity contribution is -0.383. The van der Waals surface area contributed by atoms with Gasteiger partial charge in [0.25, 0.3) is 0 Å². The first-order valence-electron chi connectivity index (χ1n) is 6.36. The van der Waals surface area contributed by atoms with Crippen LogP contribution in [0.1, 0.15) is 13.8 Å². The van der Waals surface area contributed by atoms with E-state index in [1.54, 1.807) is 25.1 Å². The van der Waals surface area contributed by atoms with Crippen molar-refractivity contribution in [1.82, 2.24) is 0 Å². The van der Waals surface area contributed by atoms with Crippen LogP contribution < -0.4 is 10.6 Å². The van der Waals surface area contributed by atoms with Crippen molar-refractivity contribution >= 4 is 26.9 Å². The predicted molar refractivity (Wildman–Crippen MR) is 80.1 cm³/mol. The van der Waals surface area contributed by atoms with Crippen LogP contribution >= 0.6 is 0 Å². The maximum atomic E-state index is 11.4. The van der Waals surface area contributed by atoms with Gasteiger partial charge in [0.1, 0.15) is 11.4 Å². The molecule has 0 radical (unpaired) electrons. The van der Waals surface area contributed by atoms with Crippen molar-refractivity contribution in [2.45, 2.75) is 13.8 Å². The molecule has 0 aromatic heterocycles. The van der Waals surface area contributed by atoms with Crippen molar-refractivity contribution in [2.75, 3.05) is 35.2 Å². The minimum Gasteiger partial charge on any atom is -0.380 e. The second kappa shape index (κ2) is 7.09. The van der Waals surface area contributed by atoms with E-state index in [1.165, 1.54) is 0 Å². The molecule has 0 spiro atoms. The Kier molecular flexibility index (Phi) is 5.75. The van der Waals surface area contributed by atoms with Crippen molar-refractivity contribution in [3.8, 4) is 0 Å². The van der Waals surface area contributed by atoms with Gasteiger partial charge in [-0.15, -0.1) is 0 Å². The second-order valence-corrected chi connectivity index (χ2v) is 6.63. The van der Waals surface area contributed by atoms with Gasteiger partial charge in [-0.05, 0) is 19.1 Å². The molecular weight excluding hydrogens is 282 g/mol. The molecule has 0 unspecified atom stereocenters. The van der Waals surface area contributed by atoms with Crippen LogP contribution in [0.5, 0.6) is 0 Å². The number of rotatable bonds is 8. The van der Waals surface area contributed by atoms with Crippen LogP contribution in [0.3, 0.4) is 0 Å². The van der Waals surface area contributed by atoms with E-state index >= 15 is 0 Å². The molecule has 1 aromatic carbocycles. The lowest BCUT2D eigenvalue weighted by Crippen LogP contribution is -2.17. The average Bonchev–Trinajstić information content (AvgIpc) is 2.39. The van der Waals surface area contributed by atoms with E-state index in [0.29, 0.717) is 17.9 Å². The molecule has 20 heavy (non-hydrogen) atoms. The largest absolute Gasteiger partial charge is 0.380 e. The Morgan fingerprint density at radius 3 is 2.30 bits per heavy atom. The quantitative estimate of drug-likeness (QED) is 0.561. The Labute approximate surface area is 118 Å². The molecule has 0 heterocycles. The molecule has 8 heteroatoms. The van der Waals surface area contributed by atoms with Gasteiger partial charge < -0.3 is 10.6 Å². The molecule has 0 aliphatic rings. The number of nitro benzene ring substituents is 1. The number of hydrogen-bond donors (Lipinski definition) is 2. The highest BCUT2D eigenvalue weighted by molar-refractivity contribution is 7.91. The van der Waals surface area contributed by atoms with E-state index in [4.69, 9.17) is 0 Å². The molecule has 2 N–H and O–H groups in total. The topological polar surface area (TPSA) is 101 Å². The molecule has 0 atom stereocenters. The smallest absolute Gasteiger partial charge is 0.315 e. The summed E-state index contributed by atoms with van der Waals surface area (Å²) in [5.41, 5.74) is 0.670. The van der Waals surface area contributed by atoms with Gasteiger partial charge in [-0.3, -0.25) is 10.1 Å². The number of nitrogens with one attached hydrogen (secondary N) is 2. The summed E-state index contributed by atoms with van der Waals surface area (Å²) in [5.74, 6) is 0.0142. The van der Waals surface area contributed by atoms with E-state index in [2.05, 4.69) is 10.6 Å². The molecular formula is C12H19N3O4S. The monoisotopic (exact) mass is 301 g/mol. The van der Waals surface area contributed by atoms with Crippen molar-refractivity contribution in [3.63, 3.8) is 0 Å². The second-order valence-electron chi connectivity index (χ2n) is 4.15. The molecule has 0 amide bonds. The Morgan fingerprint density at radius 2 is 1.80 bits per heavy atom. The van der Waals surface area contributed by atoms with Gasteiger partial charge in [0.05, 0.1) is 10.7 Å². The van der Waals surface area contributed by atoms with Crippen molar-refractivity contribution in [1.29, 1.82) is 0 Å². The van der Waals surface area contributed by atoms with Crippen molar-refractivity contribution in [2.24, 2.45) is 0 Å². The van der Waals surface area contributed by atoms with Crippen LogP contribution in [0.2, 0.25) is 0 Å². The fourth-order valence-electron chi connectivity index (χ4n) is 1.70. The van der Waals surface area contributed by atoms with Crippen LogP contribution in [0.15, 0.2) is 18.2 Å². The summed E-state index contributed by atoms with van der Waals surface area (Å²) in [7, 11) is -3.09. The molecule has 1 aromatic rings. The van der Waals surface area contributed by atoms with Crippen LogP contribution in [0.4, 0.5) is 17.1 Å². The number of anilines is 2. The van der Waals surface area contributed by atoms with Crippen LogP contribution in [-0.4, -0.2) is 37.9 Å². The molecule has 0 saturated carbocycles. The third-order valence-corrected chi connectivity index (χ3v) is 4.46. The standard InChI is InChI=1S/C12H19N3O4S/c1-3-13-10-6-5-7-11(12(10)15(16)17)14-8-9-20(18,19)4-2/h5-7,13-14H,3-4,8-9H2,1-2H3. The third-order valence-electron chi connectivity index (χ3n) is 2.75. The number of para-hydroxylation sites is 1. The number of sulfone groups is 1. The normalized spacial score (nSPS) is 11.1.